The third-order valence-corrected chi connectivity index (χ3v) is 3.71. The van der Waals surface area contributed by atoms with Crippen molar-refractivity contribution in [1.82, 2.24) is 0 Å². The van der Waals surface area contributed by atoms with E-state index in [1.54, 1.807) is 0 Å². The van der Waals surface area contributed by atoms with Gasteiger partial charge in [0, 0.05) is 5.92 Å². The zero-order valence-electron chi connectivity index (χ0n) is 11.9. The molecule has 102 valence electrons. The van der Waals surface area contributed by atoms with E-state index in [4.69, 9.17) is 0 Å². The van der Waals surface area contributed by atoms with Crippen LogP contribution in [-0.4, -0.2) is 0 Å². The fraction of sp³-hybridized carbons (Fsp3) is 0.0476. The third kappa shape index (κ3) is 3.11. The first-order valence-electron chi connectivity index (χ1n) is 7.21. The van der Waals surface area contributed by atoms with Crippen LogP contribution in [0.2, 0.25) is 0 Å². The molecular weight excluding hydrogens is 252 g/mol. The molecule has 3 rings (SSSR count). The van der Waals surface area contributed by atoms with Gasteiger partial charge < -0.3 is 0 Å². The SMILES string of the molecule is C=CC(/C=C/c1ccccc1)c1ccc2ccccc2c1. The lowest BCUT2D eigenvalue weighted by atomic mass is 9.95. The Morgan fingerprint density at radius 3 is 2.24 bits per heavy atom. The van der Waals surface area contributed by atoms with Crippen LogP contribution in [0.3, 0.4) is 0 Å². The minimum absolute atomic E-state index is 0.231. The molecule has 3 aromatic carbocycles. The molecule has 0 heteroatoms. The average Bonchev–Trinajstić information content (AvgIpc) is 2.56. The topological polar surface area (TPSA) is 0 Å². The second-order valence-electron chi connectivity index (χ2n) is 5.14. The Morgan fingerprint density at radius 2 is 1.48 bits per heavy atom. The lowest BCUT2D eigenvalue weighted by molar-refractivity contribution is 1.10. The highest BCUT2D eigenvalue weighted by molar-refractivity contribution is 5.83. The predicted octanol–water partition coefficient (Wildman–Crippen LogP) is 5.82. The van der Waals surface area contributed by atoms with Gasteiger partial charge in [0.05, 0.1) is 0 Å². The minimum Gasteiger partial charge on any atom is -0.102 e. The Balaban J connectivity index is 1.91. The summed E-state index contributed by atoms with van der Waals surface area (Å²) < 4.78 is 0. The van der Waals surface area contributed by atoms with Crippen molar-refractivity contribution in [2.24, 2.45) is 0 Å². The van der Waals surface area contributed by atoms with Gasteiger partial charge in [-0.2, -0.15) is 0 Å². The Hall–Kier alpha value is -2.60. The summed E-state index contributed by atoms with van der Waals surface area (Å²) in [6.07, 6.45) is 6.34. The van der Waals surface area contributed by atoms with Gasteiger partial charge in [-0.25, -0.2) is 0 Å². The first-order chi connectivity index (χ1) is 10.4. The van der Waals surface area contributed by atoms with Gasteiger partial charge in [0.25, 0.3) is 0 Å². The van der Waals surface area contributed by atoms with Crippen LogP contribution in [0.1, 0.15) is 17.0 Å². The van der Waals surface area contributed by atoms with E-state index in [0.29, 0.717) is 0 Å². The highest BCUT2D eigenvalue weighted by atomic mass is 14.1. The van der Waals surface area contributed by atoms with E-state index in [1.165, 1.54) is 21.9 Å². The molecule has 0 aromatic heterocycles. The predicted molar refractivity (Wildman–Crippen MR) is 92.4 cm³/mol. The summed E-state index contributed by atoms with van der Waals surface area (Å²) in [5.41, 5.74) is 2.49. The summed E-state index contributed by atoms with van der Waals surface area (Å²) in [5, 5.41) is 2.55. The first-order valence-corrected chi connectivity index (χ1v) is 7.21. The van der Waals surface area contributed by atoms with Gasteiger partial charge in [0.15, 0.2) is 0 Å². The molecule has 0 N–H and O–H groups in total. The zero-order valence-corrected chi connectivity index (χ0v) is 11.9. The van der Waals surface area contributed by atoms with E-state index in [9.17, 15) is 0 Å². The van der Waals surface area contributed by atoms with Gasteiger partial charge >= 0.3 is 0 Å². The molecule has 0 saturated heterocycles. The molecule has 21 heavy (non-hydrogen) atoms. The van der Waals surface area contributed by atoms with Crippen LogP contribution in [0.4, 0.5) is 0 Å². The molecule has 0 spiro atoms. The van der Waals surface area contributed by atoms with Crippen molar-refractivity contribution >= 4 is 16.8 Å². The van der Waals surface area contributed by atoms with Crippen LogP contribution in [0, 0.1) is 0 Å². The molecule has 0 nitrogen and oxygen atoms in total. The zero-order chi connectivity index (χ0) is 14.5. The van der Waals surface area contributed by atoms with E-state index < -0.39 is 0 Å². The number of rotatable bonds is 4. The van der Waals surface area contributed by atoms with Crippen LogP contribution >= 0.6 is 0 Å². The largest absolute Gasteiger partial charge is 0.102 e. The van der Waals surface area contributed by atoms with Crippen molar-refractivity contribution in [1.29, 1.82) is 0 Å². The van der Waals surface area contributed by atoms with Gasteiger partial charge in [0.1, 0.15) is 0 Å². The smallest absolute Gasteiger partial charge is 0.0199 e. The molecule has 3 aromatic rings. The Morgan fingerprint density at radius 1 is 0.762 bits per heavy atom. The van der Waals surface area contributed by atoms with Crippen molar-refractivity contribution in [2.45, 2.75) is 5.92 Å². The van der Waals surface area contributed by atoms with E-state index in [2.05, 4.69) is 85.5 Å². The van der Waals surface area contributed by atoms with Crippen LogP contribution in [0.15, 0.2) is 91.5 Å². The fourth-order valence-electron chi connectivity index (χ4n) is 2.52. The number of fused-ring (bicyclic) bond motifs is 1. The maximum absolute atomic E-state index is 3.98. The van der Waals surface area contributed by atoms with Crippen LogP contribution in [-0.2, 0) is 0 Å². The highest BCUT2D eigenvalue weighted by Crippen LogP contribution is 2.24. The summed E-state index contributed by atoms with van der Waals surface area (Å²) >= 11 is 0. The van der Waals surface area contributed by atoms with Crippen molar-refractivity contribution in [3.63, 3.8) is 0 Å². The maximum atomic E-state index is 3.98. The normalized spacial score (nSPS) is 12.6. The van der Waals surface area contributed by atoms with Gasteiger partial charge in [-0.3, -0.25) is 0 Å². The Kier molecular flexibility index (Phi) is 3.97. The second-order valence-corrected chi connectivity index (χ2v) is 5.14. The quantitative estimate of drug-likeness (QED) is 0.524. The molecule has 0 saturated carbocycles. The first kappa shape index (κ1) is 13.4. The van der Waals surface area contributed by atoms with Crippen molar-refractivity contribution in [3.8, 4) is 0 Å². The maximum Gasteiger partial charge on any atom is 0.0199 e. The summed E-state index contributed by atoms with van der Waals surface area (Å²) in [6.45, 7) is 3.98. The number of allylic oxidation sites excluding steroid dienone is 2. The average molecular weight is 270 g/mol. The van der Waals surface area contributed by atoms with Crippen LogP contribution < -0.4 is 0 Å². The molecule has 0 fully saturated rings. The number of benzene rings is 3. The third-order valence-electron chi connectivity index (χ3n) is 3.71. The van der Waals surface area contributed by atoms with E-state index >= 15 is 0 Å². The van der Waals surface area contributed by atoms with Crippen molar-refractivity contribution in [3.05, 3.63) is 103 Å². The summed E-state index contributed by atoms with van der Waals surface area (Å²) in [5.74, 6) is 0.231. The van der Waals surface area contributed by atoms with Gasteiger partial charge in [-0.05, 0) is 21.9 Å². The monoisotopic (exact) mass is 270 g/mol. The molecular formula is C21H18. The standard InChI is InChI=1S/C21H18/c1-2-18(13-12-17-8-4-3-5-9-17)21-15-14-19-10-6-7-11-20(19)16-21/h2-16,18H,1H2/b13-12+. The summed E-state index contributed by atoms with van der Waals surface area (Å²) in [4.78, 5) is 0. The molecule has 0 bridgehead atoms. The fourth-order valence-corrected chi connectivity index (χ4v) is 2.52. The second kappa shape index (κ2) is 6.23. The molecule has 0 amide bonds. The van der Waals surface area contributed by atoms with E-state index in [1.807, 2.05) is 12.1 Å². The molecule has 0 aliphatic carbocycles. The van der Waals surface area contributed by atoms with Gasteiger partial charge in [0.2, 0.25) is 0 Å². The van der Waals surface area contributed by atoms with E-state index in [-0.39, 0.29) is 5.92 Å². The lowest BCUT2D eigenvalue weighted by Gasteiger charge is -2.09. The molecule has 0 heterocycles. The Labute approximate surface area is 126 Å². The van der Waals surface area contributed by atoms with Gasteiger partial charge in [-0.15, -0.1) is 6.58 Å². The minimum atomic E-state index is 0.231. The summed E-state index contributed by atoms with van der Waals surface area (Å²) in [7, 11) is 0. The highest BCUT2D eigenvalue weighted by Gasteiger charge is 2.04. The Bertz CT molecular complexity index is 766. The van der Waals surface area contributed by atoms with Crippen LogP contribution in [0.5, 0.6) is 0 Å². The molecule has 1 unspecified atom stereocenters. The van der Waals surface area contributed by atoms with Crippen molar-refractivity contribution < 1.29 is 0 Å². The van der Waals surface area contributed by atoms with Crippen molar-refractivity contribution in [2.75, 3.05) is 0 Å². The molecule has 0 aliphatic heterocycles. The number of hydrogen-bond donors (Lipinski definition) is 0. The van der Waals surface area contributed by atoms with E-state index in [0.717, 1.165) is 0 Å². The summed E-state index contributed by atoms with van der Waals surface area (Å²) in [6, 6.07) is 25.4. The molecule has 1 atom stereocenters. The number of hydrogen-bond acceptors (Lipinski definition) is 0. The molecule has 0 radical (unpaired) electrons. The van der Waals surface area contributed by atoms with Crippen LogP contribution in [0.25, 0.3) is 16.8 Å². The lowest BCUT2D eigenvalue weighted by Crippen LogP contribution is -1.90. The van der Waals surface area contributed by atoms with Gasteiger partial charge in [-0.1, -0.05) is 91.0 Å². The molecule has 0 aliphatic rings.